The molecule has 5 heteroatoms. The van der Waals surface area contributed by atoms with Crippen molar-refractivity contribution in [2.24, 2.45) is 0 Å². The molecule has 0 aromatic rings. The van der Waals surface area contributed by atoms with Crippen molar-refractivity contribution < 1.29 is 4.79 Å². The second kappa shape index (κ2) is 7.26. The first-order valence-corrected chi connectivity index (χ1v) is 7.29. The van der Waals surface area contributed by atoms with Crippen LogP contribution >= 0.6 is 15.9 Å². The van der Waals surface area contributed by atoms with Gasteiger partial charge in [0.25, 0.3) is 0 Å². The molecule has 1 fully saturated rings. The molecule has 0 aromatic carbocycles. The van der Waals surface area contributed by atoms with Crippen LogP contribution in [0, 0.1) is 0 Å². The van der Waals surface area contributed by atoms with E-state index in [1.54, 1.807) is 0 Å². The summed E-state index contributed by atoms with van der Waals surface area (Å²) in [5.74, 6) is 0.128. The molecule has 1 saturated heterocycles. The normalized spacial score (nSPS) is 19.8. The predicted molar refractivity (Wildman–Crippen MR) is 78.8 cm³/mol. The number of carbonyl (C=O) groups is 1. The van der Waals surface area contributed by atoms with Gasteiger partial charge in [0, 0.05) is 43.2 Å². The molecule has 1 atom stereocenters. The molecule has 104 valence electrons. The number of piperazine rings is 1. The Bertz CT molecular complexity index is 299. The van der Waals surface area contributed by atoms with Gasteiger partial charge in [0.1, 0.15) is 0 Å². The molecule has 1 aliphatic heterocycles. The fraction of sp³-hybridized carbons (Fsp3) is 0.769. The Hall–Kier alpha value is -0.390. The lowest BCUT2D eigenvalue weighted by Crippen LogP contribution is -2.54. The summed E-state index contributed by atoms with van der Waals surface area (Å²) in [5.41, 5.74) is 0. The third kappa shape index (κ3) is 5.08. The van der Waals surface area contributed by atoms with Crippen molar-refractivity contribution >= 4 is 21.8 Å². The fourth-order valence-electron chi connectivity index (χ4n) is 2.12. The zero-order valence-electron chi connectivity index (χ0n) is 11.6. The molecule has 0 spiro atoms. The van der Waals surface area contributed by atoms with Crippen LogP contribution in [0.2, 0.25) is 0 Å². The van der Waals surface area contributed by atoms with Crippen LogP contribution in [-0.2, 0) is 4.79 Å². The van der Waals surface area contributed by atoms with Gasteiger partial charge in [-0.15, -0.1) is 0 Å². The Morgan fingerprint density at radius 1 is 1.28 bits per heavy atom. The minimum Gasteiger partial charge on any atom is -0.353 e. The Morgan fingerprint density at radius 3 is 2.28 bits per heavy atom. The molecule has 1 amide bonds. The van der Waals surface area contributed by atoms with Crippen molar-refractivity contribution in [3.05, 3.63) is 11.1 Å². The second-order valence-corrected chi connectivity index (χ2v) is 6.29. The molecule has 4 nitrogen and oxygen atoms in total. The average Bonchev–Trinajstić information content (AvgIpc) is 2.27. The van der Waals surface area contributed by atoms with Crippen LogP contribution in [0.25, 0.3) is 0 Å². The smallest absolute Gasteiger partial charge is 0.237 e. The van der Waals surface area contributed by atoms with E-state index in [-0.39, 0.29) is 18.0 Å². The van der Waals surface area contributed by atoms with Crippen LogP contribution < -0.4 is 5.32 Å². The second-order valence-electron chi connectivity index (χ2n) is 5.17. The lowest BCUT2D eigenvalue weighted by Gasteiger charge is -2.37. The number of nitrogens with one attached hydrogen (secondary N) is 1. The first-order chi connectivity index (χ1) is 8.40. The minimum atomic E-state index is -0.0401. The Morgan fingerprint density at radius 2 is 1.83 bits per heavy atom. The maximum Gasteiger partial charge on any atom is 0.237 e. The van der Waals surface area contributed by atoms with Crippen molar-refractivity contribution in [1.82, 2.24) is 15.1 Å². The van der Waals surface area contributed by atoms with Crippen molar-refractivity contribution in [3.63, 3.8) is 0 Å². The van der Waals surface area contributed by atoms with Crippen LogP contribution in [0.15, 0.2) is 11.1 Å². The van der Waals surface area contributed by atoms with Crippen LogP contribution in [0.3, 0.4) is 0 Å². The van der Waals surface area contributed by atoms with Crippen molar-refractivity contribution in [3.8, 4) is 0 Å². The van der Waals surface area contributed by atoms with Gasteiger partial charge in [-0.05, 0) is 20.8 Å². The van der Waals surface area contributed by atoms with Crippen LogP contribution in [0.5, 0.6) is 0 Å². The largest absolute Gasteiger partial charge is 0.353 e. The molecule has 0 aromatic heterocycles. The molecule has 0 radical (unpaired) electrons. The topological polar surface area (TPSA) is 35.6 Å². The molecule has 0 unspecified atom stereocenters. The number of amides is 1. The lowest BCUT2D eigenvalue weighted by atomic mass is 10.2. The van der Waals surface area contributed by atoms with Crippen molar-refractivity contribution in [1.29, 1.82) is 0 Å². The van der Waals surface area contributed by atoms with Gasteiger partial charge in [-0.1, -0.05) is 22.5 Å². The molecule has 18 heavy (non-hydrogen) atoms. The summed E-state index contributed by atoms with van der Waals surface area (Å²) in [6.07, 6.45) is 0. The molecule has 0 bridgehead atoms. The van der Waals surface area contributed by atoms with Crippen LogP contribution in [-0.4, -0.2) is 60.5 Å². The highest BCUT2D eigenvalue weighted by Crippen LogP contribution is 2.10. The summed E-state index contributed by atoms with van der Waals surface area (Å²) in [7, 11) is 0. The summed E-state index contributed by atoms with van der Waals surface area (Å²) in [4.78, 5) is 16.5. The zero-order valence-corrected chi connectivity index (χ0v) is 13.2. The fourth-order valence-corrected chi connectivity index (χ4v) is 2.48. The van der Waals surface area contributed by atoms with E-state index in [4.69, 9.17) is 0 Å². The number of hydrogen-bond acceptors (Lipinski definition) is 3. The van der Waals surface area contributed by atoms with E-state index in [9.17, 15) is 4.79 Å². The third-order valence-corrected chi connectivity index (χ3v) is 3.41. The Kier molecular flexibility index (Phi) is 6.32. The molecule has 1 N–H and O–H groups in total. The highest BCUT2D eigenvalue weighted by Gasteiger charge is 2.25. The van der Waals surface area contributed by atoms with Gasteiger partial charge in [-0.3, -0.25) is 14.6 Å². The number of halogens is 1. The minimum absolute atomic E-state index is 0.0401. The maximum absolute atomic E-state index is 11.9. The number of hydrogen-bond donors (Lipinski definition) is 1. The molecule has 0 saturated carbocycles. The summed E-state index contributed by atoms with van der Waals surface area (Å²) < 4.78 is 1.02. The molecule has 0 aliphatic carbocycles. The van der Waals surface area contributed by atoms with Gasteiger partial charge in [-0.2, -0.15) is 0 Å². The first-order valence-electron chi connectivity index (χ1n) is 6.50. The van der Waals surface area contributed by atoms with Gasteiger partial charge >= 0.3 is 0 Å². The van der Waals surface area contributed by atoms with Gasteiger partial charge in [-0.25, -0.2) is 0 Å². The summed E-state index contributed by atoms with van der Waals surface area (Å²) in [6, 6.07) is 0.166. The number of rotatable bonds is 5. The summed E-state index contributed by atoms with van der Waals surface area (Å²) >= 11 is 3.39. The predicted octanol–water partition coefficient (Wildman–Crippen LogP) is 1.43. The van der Waals surface area contributed by atoms with Crippen LogP contribution in [0.4, 0.5) is 0 Å². The summed E-state index contributed by atoms with van der Waals surface area (Å²) in [5, 5.41) is 2.97. The van der Waals surface area contributed by atoms with Gasteiger partial charge in [0.2, 0.25) is 5.91 Å². The molecule has 1 rings (SSSR count). The molecular weight excluding hydrogens is 294 g/mol. The SMILES string of the molecule is C=C(Br)CN1CCN([C@@H](C)C(=O)NC(C)C)CC1. The number of carbonyl (C=O) groups excluding carboxylic acids is 1. The van der Waals surface area contributed by atoms with E-state index in [1.807, 2.05) is 20.8 Å². The quantitative estimate of drug-likeness (QED) is 0.833. The molecule has 1 aliphatic rings. The van der Waals surface area contributed by atoms with Gasteiger partial charge in [0.15, 0.2) is 0 Å². The maximum atomic E-state index is 11.9. The van der Waals surface area contributed by atoms with Crippen molar-refractivity contribution in [2.75, 3.05) is 32.7 Å². The Balaban J connectivity index is 2.37. The molecular formula is C13H24BrN3O. The van der Waals surface area contributed by atoms with E-state index in [1.165, 1.54) is 0 Å². The lowest BCUT2D eigenvalue weighted by molar-refractivity contribution is -0.127. The standard InChI is InChI=1S/C13H24BrN3O/c1-10(2)15-13(18)12(4)17-7-5-16(6-8-17)9-11(3)14/h10,12H,3,5-9H2,1-2,4H3,(H,15,18)/t12-/m0/s1. The average molecular weight is 318 g/mol. The van der Waals surface area contributed by atoms with Gasteiger partial charge < -0.3 is 5.32 Å². The zero-order chi connectivity index (χ0) is 13.7. The Labute approximate surface area is 119 Å². The monoisotopic (exact) mass is 317 g/mol. The van der Waals surface area contributed by atoms with E-state index < -0.39 is 0 Å². The van der Waals surface area contributed by atoms with E-state index in [0.29, 0.717) is 0 Å². The van der Waals surface area contributed by atoms with Gasteiger partial charge in [0.05, 0.1) is 6.04 Å². The first kappa shape index (κ1) is 15.7. The number of nitrogens with zero attached hydrogens (tertiary/aromatic N) is 2. The molecule has 1 heterocycles. The van der Waals surface area contributed by atoms with E-state index >= 15 is 0 Å². The van der Waals surface area contributed by atoms with E-state index in [0.717, 1.165) is 37.2 Å². The summed E-state index contributed by atoms with van der Waals surface area (Å²) in [6.45, 7) is 14.6. The van der Waals surface area contributed by atoms with E-state index in [2.05, 4.69) is 37.6 Å². The van der Waals surface area contributed by atoms with Crippen LogP contribution in [0.1, 0.15) is 20.8 Å². The highest BCUT2D eigenvalue weighted by molar-refractivity contribution is 9.11. The third-order valence-electron chi connectivity index (χ3n) is 3.16. The highest BCUT2D eigenvalue weighted by atomic mass is 79.9. The van der Waals surface area contributed by atoms with Crippen molar-refractivity contribution in [2.45, 2.75) is 32.9 Å².